The van der Waals surface area contributed by atoms with Crippen LogP contribution in [0.5, 0.6) is 5.75 Å². The predicted octanol–water partition coefficient (Wildman–Crippen LogP) is 0.954. The van der Waals surface area contributed by atoms with E-state index in [2.05, 4.69) is 0 Å². The minimum absolute atomic E-state index is 0.547. The van der Waals surface area contributed by atoms with Gasteiger partial charge in [-0.15, -0.1) is 0 Å². The van der Waals surface area contributed by atoms with Crippen molar-refractivity contribution in [1.82, 2.24) is 0 Å². The fourth-order valence-corrected chi connectivity index (χ4v) is 1.06. The zero-order valence-electron chi connectivity index (χ0n) is 8.15. The fourth-order valence-electron chi connectivity index (χ4n) is 1.06. The van der Waals surface area contributed by atoms with Crippen LogP contribution in [0.2, 0.25) is 0 Å². The summed E-state index contributed by atoms with van der Waals surface area (Å²) in [5.74, 6) is -0.377. The Bertz CT molecular complexity index is 330. The van der Waals surface area contributed by atoms with E-state index in [0.717, 1.165) is 0 Å². The lowest BCUT2D eigenvalue weighted by Gasteiger charge is -2.19. The first-order valence-corrected chi connectivity index (χ1v) is 4.15. The minimum atomic E-state index is -1.35. The highest BCUT2D eigenvalue weighted by Crippen LogP contribution is 2.20. The number of benzene rings is 1. The summed E-state index contributed by atoms with van der Waals surface area (Å²) in [7, 11) is 1.55. The Morgan fingerprint density at radius 2 is 1.93 bits per heavy atom. The van der Waals surface area contributed by atoms with Crippen molar-refractivity contribution in [2.75, 3.05) is 7.11 Å². The fraction of sp³-hybridized carbons (Fsp3) is 0.300. The van der Waals surface area contributed by atoms with Crippen LogP contribution in [0.15, 0.2) is 24.3 Å². The third-order valence-electron chi connectivity index (χ3n) is 2.13. The van der Waals surface area contributed by atoms with Crippen molar-refractivity contribution in [1.29, 1.82) is 0 Å². The molecule has 0 aliphatic rings. The average molecular weight is 195 g/mol. The van der Waals surface area contributed by atoms with Crippen molar-refractivity contribution in [2.24, 2.45) is 5.73 Å². The Balaban J connectivity index is 3.02. The van der Waals surface area contributed by atoms with Crippen molar-refractivity contribution < 1.29 is 14.6 Å². The number of carboxylic acids is 1. The Morgan fingerprint density at radius 3 is 2.29 bits per heavy atom. The lowest BCUT2D eigenvalue weighted by Crippen LogP contribution is -2.41. The molecule has 0 spiro atoms. The van der Waals surface area contributed by atoms with Gasteiger partial charge >= 0.3 is 5.97 Å². The first-order chi connectivity index (χ1) is 6.48. The van der Waals surface area contributed by atoms with Gasteiger partial charge in [0.05, 0.1) is 7.11 Å². The van der Waals surface area contributed by atoms with Gasteiger partial charge in [-0.25, -0.2) is 4.79 Å². The minimum Gasteiger partial charge on any atom is -0.497 e. The van der Waals surface area contributed by atoms with Gasteiger partial charge in [0.1, 0.15) is 11.3 Å². The lowest BCUT2D eigenvalue weighted by atomic mass is 9.93. The molecule has 76 valence electrons. The van der Waals surface area contributed by atoms with E-state index in [0.29, 0.717) is 11.3 Å². The molecule has 4 heteroatoms. The van der Waals surface area contributed by atoms with Crippen molar-refractivity contribution in [3.8, 4) is 5.75 Å². The molecule has 0 saturated carbocycles. The van der Waals surface area contributed by atoms with Gasteiger partial charge in [-0.2, -0.15) is 0 Å². The molecule has 0 radical (unpaired) electrons. The lowest BCUT2D eigenvalue weighted by molar-refractivity contribution is -0.143. The van der Waals surface area contributed by atoms with Gasteiger partial charge in [0.2, 0.25) is 0 Å². The van der Waals surface area contributed by atoms with Crippen LogP contribution in [0.4, 0.5) is 0 Å². The molecule has 0 bridgehead atoms. The van der Waals surface area contributed by atoms with E-state index in [9.17, 15) is 4.79 Å². The van der Waals surface area contributed by atoms with Crippen LogP contribution in [0, 0.1) is 0 Å². The summed E-state index contributed by atoms with van der Waals surface area (Å²) >= 11 is 0. The van der Waals surface area contributed by atoms with Crippen LogP contribution in [0.1, 0.15) is 12.5 Å². The SMILES string of the molecule is COc1ccc([C@](C)(N)C(=O)O)cc1. The Kier molecular flexibility index (Phi) is 2.76. The molecule has 1 rings (SSSR count). The summed E-state index contributed by atoms with van der Waals surface area (Å²) in [4.78, 5) is 10.8. The summed E-state index contributed by atoms with van der Waals surface area (Å²) in [5, 5.41) is 8.86. The van der Waals surface area contributed by atoms with Crippen LogP contribution < -0.4 is 10.5 Å². The van der Waals surface area contributed by atoms with Gasteiger partial charge in [0.25, 0.3) is 0 Å². The Hall–Kier alpha value is -1.55. The molecular formula is C10H13NO3. The second kappa shape index (κ2) is 3.67. The van der Waals surface area contributed by atoms with Crippen molar-refractivity contribution in [3.05, 3.63) is 29.8 Å². The first kappa shape index (κ1) is 10.5. The van der Waals surface area contributed by atoms with Crippen LogP contribution in [-0.2, 0) is 10.3 Å². The van der Waals surface area contributed by atoms with Gasteiger partial charge in [-0.05, 0) is 24.6 Å². The predicted molar refractivity (Wildman–Crippen MR) is 52.2 cm³/mol. The molecule has 4 nitrogen and oxygen atoms in total. The Morgan fingerprint density at radius 1 is 1.43 bits per heavy atom. The topological polar surface area (TPSA) is 72.5 Å². The summed E-state index contributed by atoms with van der Waals surface area (Å²) in [5.41, 5.74) is 4.82. The number of aliphatic carboxylic acids is 1. The molecule has 14 heavy (non-hydrogen) atoms. The molecule has 1 aromatic carbocycles. The number of hydrogen-bond donors (Lipinski definition) is 2. The van der Waals surface area contributed by atoms with Gasteiger partial charge in [0.15, 0.2) is 0 Å². The van der Waals surface area contributed by atoms with Crippen LogP contribution in [-0.4, -0.2) is 18.2 Å². The zero-order chi connectivity index (χ0) is 10.8. The van der Waals surface area contributed by atoms with Gasteiger partial charge in [-0.1, -0.05) is 12.1 Å². The molecule has 0 heterocycles. The largest absolute Gasteiger partial charge is 0.497 e. The monoisotopic (exact) mass is 195 g/mol. The maximum atomic E-state index is 10.8. The second-order valence-electron chi connectivity index (χ2n) is 3.24. The molecule has 3 N–H and O–H groups in total. The molecule has 0 fully saturated rings. The molecule has 1 aromatic rings. The summed E-state index contributed by atoms with van der Waals surface area (Å²) in [6.45, 7) is 1.46. The molecule has 0 amide bonds. The maximum absolute atomic E-state index is 10.8. The summed E-state index contributed by atoms with van der Waals surface area (Å²) < 4.78 is 4.95. The molecule has 0 aliphatic heterocycles. The molecule has 1 atom stereocenters. The number of rotatable bonds is 3. The number of nitrogens with two attached hydrogens (primary N) is 1. The molecular weight excluding hydrogens is 182 g/mol. The Labute approximate surface area is 82.3 Å². The maximum Gasteiger partial charge on any atom is 0.328 e. The number of methoxy groups -OCH3 is 1. The average Bonchev–Trinajstić information content (AvgIpc) is 2.17. The van der Waals surface area contributed by atoms with E-state index < -0.39 is 11.5 Å². The normalized spacial score (nSPS) is 14.5. The van der Waals surface area contributed by atoms with E-state index in [-0.39, 0.29) is 0 Å². The first-order valence-electron chi connectivity index (χ1n) is 4.15. The van der Waals surface area contributed by atoms with Crippen molar-refractivity contribution >= 4 is 5.97 Å². The van der Waals surface area contributed by atoms with E-state index in [4.69, 9.17) is 15.6 Å². The molecule has 0 unspecified atom stereocenters. The molecule has 0 aliphatic carbocycles. The van der Waals surface area contributed by atoms with E-state index in [1.54, 1.807) is 31.4 Å². The number of carboxylic acid groups (broad SMARTS) is 1. The summed E-state index contributed by atoms with van der Waals surface area (Å²) in [6, 6.07) is 6.66. The standard InChI is InChI=1S/C10H13NO3/c1-10(11,9(12)13)7-3-5-8(14-2)6-4-7/h3-6H,11H2,1-2H3,(H,12,13)/t10-/m0/s1. The number of ether oxygens (including phenoxy) is 1. The van der Waals surface area contributed by atoms with Crippen LogP contribution >= 0.6 is 0 Å². The number of carbonyl (C=O) groups is 1. The summed E-state index contributed by atoms with van der Waals surface area (Å²) in [6.07, 6.45) is 0. The van der Waals surface area contributed by atoms with E-state index in [1.807, 2.05) is 0 Å². The third kappa shape index (κ3) is 1.85. The zero-order valence-corrected chi connectivity index (χ0v) is 8.15. The quantitative estimate of drug-likeness (QED) is 0.753. The van der Waals surface area contributed by atoms with Crippen molar-refractivity contribution in [2.45, 2.75) is 12.5 Å². The molecule has 0 saturated heterocycles. The van der Waals surface area contributed by atoms with Crippen LogP contribution in [0.25, 0.3) is 0 Å². The van der Waals surface area contributed by atoms with Crippen molar-refractivity contribution in [3.63, 3.8) is 0 Å². The smallest absolute Gasteiger partial charge is 0.328 e. The van der Waals surface area contributed by atoms with Crippen LogP contribution in [0.3, 0.4) is 0 Å². The van der Waals surface area contributed by atoms with Gasteiger partial charge in [0, 0.05) is 0 Å². The second-order valence-corrected chi connectivity index (χ2v) is 3.24. The highest BCUT2D eigenvalue weighted by Gasteiger charge is 2.29. The molecule has 0 aromatic heterocycles. The number of hydrogen-bond acceptors (Lipinski definition) is 3. The van der Waals surface area contributed by atoms with Gasteiger partial charge < -0.3 is 15.6 Å². The van der Waals surface area contributed by atoms with Gasteiger partial charge in [-0.3, -0.25) is 0 Å². The third-order valence-corrected chi connectivity index (χ3v) is 2.13. The highest BCUT2D eigenvalue weighted by molar-refractivity contribution is 5.79. The van der Waals surface area contributed by atoms with E-state index >= 15 is 0 Å². The highest BCUT2D eigenvalue weighted by atomic mass is 16.5. The van der Waals surface area contributed by atoms with E-state index in [1.165, 1.54) is 6.92 Å².